The van der Waals surface area contributed by atoms with Crippen molar-refractivity contribution in [2.45, 2.75) is 39.1 Å². The quantitative estimate of drug-likeness (QED) is 0.743. The maximum atomic E-state index is 10.1. The predicted molar refractivity (Wildman–Crippen MR) is 78.0 cm³/mol. The summed E-state index contributed by atoms with van der Waals surface area (Å²) in [6.45, 7) is 4.68. The lowest BCUT2D eigenvalue weighted by Crippen LogP contribution is -2.12. The number of methoxy groups -OCH3 is 3. The molecule has 21 heavy (non-hydrogen) atoms. The molecule has 0 heterocycles. The van der Waals surface area contributed by atoms with Crippen molar-refractivity contribution in [3.05, 3.63) is 16.7 Å². The zero-order valence-corrected chi connectivity index (χ0v) is 13.3. The molecule has 0 saturated carbocycles. The Bertz CT molecular complexity index is 401. The van der Waals surface area contributed by atoms with E-state index < -0.39 is 18.3 Å². The fraction of sp³-hybridized carbons (Fsp3) is 0.600. The van der Waals surface area contributed by atoms with Gasteiger partial charge in [-0.05, 0) is 20.8 Å². The van der Waals surface area contributed by atoms with Crippen LogP contribution in [0.15, 0.2) is 0 Å². The Hall–Kier alpha value is -1.50. The lowest BCUT2D eigenvalue weighted by Gasteiger charge is -2.27. The van der Waals surface area contributed by atoms with E-state index in [4.69, 9.17) is 14.2 Å². The summed E-state index contributed by atoms with van der Waals surface area (Å²) in [5, 5.41) is 30.2. The lowest BCUT2D eigenvalue weighted by atomic mass is 9.92. The average Bonchev–Trinajstić information content (AvgIpc) is 2.42. The topological polar surface area (TPSA) is 88.4 Å². The molecule has 3 N–H and O–H groups in total. The van der Waals surface area contributed by atoms with E-state index in [-0.39, 0.29) is 17.2 Å². The number of aliphatic hydroxyl groups excluding tert-OH is 3. The van der Waals surface area contributed by atoms with Gasteiger partial charge in [-0.25, -0.2) is 0 Å². The van der Waals surface area contributed by atoms with Gasteiger partial charge in [0.15, 0.2) is 0 Å². The standard InChI is InChI=1S/C15H24O6/c1-7(16)10-13(19-4)11(8(2)17)15(21-6)12(9(3)18)14(10)20-5/h7-9,16-18H,1-6H3/t7-,8-,9+/m0/s1. The van der Waals surface area contributed by atoms with Crippen molar-refractivity contribution in [1.29, 1.82) is 0 Å². The van der Waals surface area contributed by atoms with E-state index in [1.807, 2.05) is 0 Å². The van der Waals surface area contributed by atoms with Crippen molar-refractivity contribution < 1.29 is 29.5 Å². The summed E-state index contributed by atoms with van der Waals surface area (Å²) in [6, 6.07) is 0. The monoisotopic (exact) mass is 300 g/mol. The van der Waals surface area contributed by atoms with Crippen LogP contribution in [0.3, 0.4) is 0 Å². The highest BCUT2D eigenvalue weighted by Crippen LogP contribution is 2.50. The number of benzene rings is 1. The molecule has 6 heteroatoms. The van der Waals surface area contributed by atoms with Gasteiger partial charge in [0.25, 0.3) is 0 Å². The Labute approximate surface area is 124 Å². The Balaban J connectivity index is 3.96. The number of hydrogen-bond acceptors (Lipinski definition) is 6. The Morgan fingerprint density at radius 2 is 0.762 bits per heavy atom. The van der Waals surface area contributed by atoms with Crippen molar-refractivity contribution in [2.75, 3.05) is 21.3 Å². The van der Waals surface area contributed by atoms with Gasteiger partial charge < -0.3 is 29.5 Å². The molecule has 3 atom stereocenters. The van der Waals surface area contributed by atoms with Crippen LogP contribution >= 0.6 is 0 Å². The SMILES string of the molecule is COc1c([C@H](C)O)c(OC)c([C@@H](C)O)c(OC)c1[C@H](C)O. The summed E-state index contributed by atoms with van der Waals surface area (Å²) in [7, 11) is 4.32. The zero-order valence-electron chi connectivity index (χ0n) is 13.3. The zero-order chi connectivity index (χ0) is 16.3. The molecule has 0 radical (unpaired) electrons. The summed E-state index contributed by atoms with van der Waals surface area (Å²) in [4.78, 5) is 0. The van der Waals surface area contributed by atoms with Crippen molar-refractivity contribution in [2.24, 2.45) is 0 Å². The molecule has 0 aliphatic carbocycles. The van der Waals surface area contributed by atoms with Gasteiger partial charge in [0, 0.05) is 0 Å². The Morgan fingerprint density at radius 3 is 0.857 bits per heavy atom. The van der Waals surface area contributed by atoms with E-state index in [0.29, 0.717) is 16.7 Å². The second kappa shape index (κ2) is 6.98. The molecule has 6 nitrogen and oxygen atoms in total. The lowest BCUT2D eigenvalue weighted by molar-refractivity contribution is 0.164. The van der Waals surface area contributed by atoms with Crippen LogP contribution in [0, 0.1) is 0 Å². The summed E-state index contributed by atoms with van der Waals surface area (Å²) in [6.07, 6.45) is -2.72. The summed E-state index contributed by atoms with van der Waals surface area (Å²) in [5.41, 5.74) is 1.10. The molecule has 1 aromatic rings. The molecule has 0 bridgehead atoms. The van der Waals surface area contributed by atoms with E-state index >= 15 is 0 Å². The molecule has 120 valence electrons. The van der Waals surface area contributed by atoms with E-state index in [2.05, 4.69) is 0 Å². The highest BCUT2D eigenvalue weighted by molar-refractivity contribution is 5.64. The van der Waals surface area contributed by atoms with Gasteiger partial charge >= 0.3 is 0 Å². The molecule has 0 saturated heterocycles. The first-order chi connectivity index (χ1) is 9.81. The van der Waals surface area contributed by atoms with Crippen molar-refractivity contribution in [3.8, 4) is 17.2 Å². The molecule has 0 amide bonds. The van der Waals surface area contributed by atoms with Gasteiger partial charge in [0.2, 0.25) is 0 Å². The van der Waals surface area contributed by atoms with Gasteiger partial charge in [0.05, 0.1) is 56.3 Å². The molecule has 1 aromatic carbocycles. The minimum absolute atomic E-state index is 0.290. The van der Waals surface area contributed by atoms with Crippen LogP contribution in [0.5, 0.6) is 17.2 Å². The molecule has 0 aromatic heterocycles. The van der Waals surface area contributed by atoms with Crippen molar-refractivity contribution in [3.63, 3.8) is 0 Å². The number of rotatable bonds is 6. The third-order valence-electron chi connectivity index (χ3n) is 3.33. The van der Waals surface area contributed by atoms with Gasteiger partial charge in [-0.3, -0.25) is 0 Å². The normalized spacial score (nSPS) is 15.3. The molecule has 0 fully saturated rings. The van der Waals surface area contributed by atoms with E-state index in [0.717, 1.165) is 0 Å². The first kappa shape index (κ1) is 17.6. The van der Waals surface area contributed by atoms with Crippen LogP contribution in [0.25, 0.3) is 0 Å². The fourth-order valence-corrected chi connectivity index (χ4v) is 2.54. The van der Waals surface area contributed by atoms with E-state index in [9.17, 15) is 15.3 Å². The number of aliphatic hydroxyl groups is 3. The molecule has 0 spiro atoms. The third kappa shape index (κ3) is 3.07. The minimum atomic E-state index is -0.907. The van der Waals surface area contributed by atoms with Crippen molar-refractivity contribution in [1.82, 2.24) is 0 Å². The molecule has 0 aliphatic rings. The Morgan fingerprint density at radius 1 is 0.571 bits per heavy atom. The largest absolute Gasteiger partial charge is 0.496 e. The van der Waals surface area contributed by atoms with Gasteiger partial charge in [-0.2, -0.15) is 0 Å². The Kier molecular flexibility index (Phi) is 5.83. The molecule has 1 rings (SSSR count). The van der Waals surface area contributed by atoms with E-state index in [1.54, 1.807) is 20.8 Å². The first-order valence-corrected chi connectivity index (χ1v) is 6.71. The minimum Gasteiger partial charge on any atom is -0.496 e. The molecular weight excluding hydrogens is 276 g/mol. The predicted octanol–water partition coefficient (Wildman–Crippen LogP) is 1.87. The maximum Gasteiger partial charge on any atom is 0.137 e. The van der Waals surface area contributed by atoms with Gasteiger partial charge in [-0.1, -0.05) is 0 Å². The van der Waals surface area contributed by atoms with Crippen LogP contribution in [0.2, 0.25) is 0 Å². The highest BCUT2D eigenvalue weighted by Gasteiger charge is 2.31. The van der Waals surface area contributed by atoms with Crippen LogP contribution in [-0.4, -0.2) is 36.6 Å². The van der Waals surface area contributed by atoms with Crippen LogP contribution in [0.1, 0.15) is 55.8 Å². The second-order valence-electron chi connectivity index (χ2n) is 4.87. The average molecular weight is 300 g/mol. The summed E-state index contributed by atoms with van der Waals surface area (Å²) < 4.78 is 16.1. The van der Waals surface area contributed by atoms with Crippen LogP contribution in [0.4, 0.5) is 0 Å². The summed E-state index contributed by atoms with van der Waals surface area (Å²) >= 11 is 0. The maximum absolute atomic E-state index is 10.1. The number of hydrogen-bond donors (Lipinski definition) is 3. The fourth-order valence-electron chi connectivity index (χ4n) is 2.54. The first-order valence-electron chi connectivity index (χ1n) is 6.71. The highest BCUT2D eigenvalue weighted by atomic mass is 16.5. The van der Waals surface area contributed by atoms with Crippen LogP contribution in [-0.2, 0) is 0 Å². The second-order valence-corrected chi connectivity index (χ2v) is 4.87. The molecule has 0 unspecified atom stereocenters. The van der Waals surface area contributed by atoms with Crippen LogP contribution < -0.4 is 14.2 Å². The third-order valence-corrected chi connectivity index (χ3v) is 3.33. The molecule has 0 aliphatic heterocycles. The van der Waals surface area contributed by atoms with Gasteiger partial charge in [-0.15, -0.1) is 0 Å². The summed E-state index contributed by atoms with van der Waals surface area (Å²) in [5.74, 6) is 0.870. The number of ether oxygens (including phenoxy) is 3. The van der Waals surface area contributed by atoms with Gasteiger partial charge in [0.1, 0.15) is 17.2 Å². The molecular formula is C15H24O6. The smallest absolute Gasteiger partial charge is 0.137 e. The van der Waals surface area contributed by atoms with E-state index in [1.165, 1.54) is 21.3 Å². The van der Waals surface area contributed by atoms with Crippen molar-refractivity contribution >= 4 is 0 Å².